The summed E-state index contributed by atoms with van der Waals surface area (Å²) in [7, 11) is -3.73. The lowest BCUT2D eigenvalue weighted by atomic mass is 10.2. The molecule has 2 aromatic carbocycles. The fourth-order valence-corrected chi connectivity index (χ4v) is 5.33. The number of benzene rings is 2. The highest BCUT2D eigenvalue weighted by atomic mass is 32.2. The van der Waals surface area contributed by atoms with Gasteiger partial charge in [0.1, 0.15) is 5.75 Å². The second kappa shape index (κ2) is 11.2. The molecule has 0 saturated heterocycles. The molecule has 0 radical (unpaired) electrons. The first-order chi connectivity index (χ1) is 15.0. The zero-order chi connectivity index (χ0) is 22.1. The van der Waals surface area contributed by atoms with Gasteiger partial charge in [0, 0.05) is 29.3 Å². The predicted molar refractivity (Wildman–Crippen MR) is 128 cm³/mol. The number of anilines is 1. The quantitative estimate of drug-likeness (QED) is 0.395. The number of carbonyl (C=O) groups is 1. The van der Waals surface area contributed by atoms with E-state index in [1.54, 1.807) is 59.5 Å². The Hall–Kier alpha value is -2.49. The molecule has 0 aliphatic carbocycles. The first-order valence-electron chi connectivity index (χ1n) is 9.70. The number of rotatable bonds is 11. The van der Waals surface area contributed by atoms with Gasteiger partial charge in [-0.1, -0.05) is 0 Å². The topological polar surface area (TPSA) is 84.5 Å². The van der Waals surface area contributed by atoms with Crippen LogP contribution >= 0.6 is 23.1 Å². The Kier molecular flexibility index (Phi) is 8.39. The van der Waals surface area contributed by atoms with Gasteiger partial charge >= 0.3 is 0 Å². The molecule has 0 aliphatic heterocycles. The van der Waals surface area contributed by atoms with Crippen LogP contribution in [0.1, 0.15) is 22.8 Å². The summed E-state index contributed by atoms with van der Waals surface area (Å²) in [4.78, 5) is 12.4. The molecule has 31 heavy (non-hydrogen) atoms. The largest absolute Gasteiger partial charge is 0.494 e. The van der Waals surface area contributed by atoms with Gasteiger partial charge in [-0.25, -0.2) is 8.42 Å². The van der Waals surface area contributed by atoms with E-state index in [9.17, 15) is 13.2 Å². The molecule has 3 aromatic rings. The molecule has 1 amide bonds. The van der Waals surface area contributed by atoms with Crippen LogP contribution in [0.25, 0.3) is 0 Å². The SMILES string of the molecule is CCOc1ccc(S(=O)(=O)Nc2ccc(C(=O)NCCSCc3ccsc3)cc2)cc1. The summed E-state index contributed by atoms with van der Waals surface area (Å²) in [5, 5.41) is 7.06. The number of thiophene rings is 1. The normalized spacial score (nSPS) is 11.1. The van der Waals surface area contributed by atoms with Gasteiger partial charge in [0.25, 0.3) is 15.9 Å². The summed E-state index contributed by atoms with van der Waals surface area (Å²) in [5.74, 6) is 2.18. The van der Waals surface area contributed by atoms with Crippen LogP contribution in [0.15, 0.2) is 70.3 Å². The van der Waals surface area contributed by atoms with E-state index in [0.717, 1.165) is 11.5 Å². The molecule has 0 atom stereocenters. The smallest absolute Gasteiger partial charge is 0.261 e. The molecule has 9 heteroatoms. The molecule has 3 rings (SSSR count). The van der Waals surface area contributed by atoms with Crippen molar-refractivity contribution in [1.82, 2.24) is 5.32 Å². The highest BCUT2D eigenvalue weighted by Crippen LogP contribution is 2.20. The lowest BCUT2D eigenvalue weighted by Crippen LogP contribution is -2.25. The van der Waals surface area contributed by atoms with E-state index >= 15 is 0 Å². The predicted octanol–water partition coefficient (Wildman–Crippen LogP) is 4.61. The van der Waals surface area contributed by atoms with E-state index < -0.39 is 10.0 Å². The summed E-state index contributed by atoms with van der Waals surface area (Å²) in [5.41, 5.74) is 2.16. The molecule has 0 aliphatic rings. The van der Waals surface area contributed by atoms with Crippen LogP contribution in [0.4, 0.5) is 5.69 Å². The van der Waals surface area contributed by atoms with Crippen molar-refractivity contribution in [3.8, 4) is 5.75 Å². The molecule has 1 heterocycles. The molecule has 0 saturated carbocycles. The minimum absolute atomic E-state index is 0.137. The number of hydrogen-bond acceptors (Lipinski definition) is 6. The number of thioether (sulfide) groups is 1. The molecule has 6 nitrogen and oxygen atoms in total. The van der Waals surface area contributed by atoms with Crippen molar-refractivity contribution >= 4 is 44.7 Å². The third-order valence-corrected chi connectivity index (χ3v) is 7.38. The van der Waals surface area contributed by atoms with Gasteiger partial charge < -0.3 is 10.1 Å². The van der Waals surface area contributed by atoms with Crippen LogP contribution in [-0.4, -0.2) is 33.2 Å². The van der Waals surface area contributed by atoms with E-state index in [1.165, 1.54) is 17.7 Å². The zero-order valence-corrected chi connectivity index (χ0v) is 19.5. The van der Waals surface area contributed by atoms with Gasteiger partial charge in [0.15, 0.2) is 0 Å². The van der Waals surface area contributed by atoms with Crippen molar-refractivity contribution in [2.75, 3.05) is 23.6 Å². The number of sulfonamides is 1. The van der Waals surface area contributed by atoms with E-state index in [0.29, 0.717) is 30.2 Å². The zero-order valence-electron chi connectivity index (χ0n) is 17.0. The Labute approximate surface area is 191 Å². The standard InChI is InChI=1S/C22H24N2O4S3/c1-2-28-20-7-9-21(10-8-20)31(26,27)24-19-5-3-18(4-6-19)22(25)23-12-14-30-16-17-11-13-29-15-17/h3-11,13,15,24H,2,12,14,16H2,1H3,(H,23,25). The average molecular weight is 477 g/mol. The maximum absolute atomic E-state index is 12.5. The van der Waals surface area contributed by atoms with Crippen LogP contribution in [0.5, 0.6) is 5.75 Å². The number of nitrogens with one attached hydrogen (secondary N) is 2. The minimum atomic E-state index is -3.73. The molecule has 1 aromatic heterocycles. The molecule has 0 unspecified atom stereocenters. The second-order valence-corrected chi connectivity index (χ2v) is 10.1. The van der Waals surface area contributed by atoms with Crippen molar-refractivity contribution in [1.29, 1.82) is 0 Å². The fourth-order valence-electron chi connectivity index (χ4n) is 2.69. The van der Waals surface area contributed by atoms with Crippen molar-refractivity contribution < 1.29 is 17.9 Å². The molecule has 0 spiro atoms. The number of amides is 1. The van der Waals surface area contributed by atoms with Gasteiger partial charge in [0.2, 0.25) is 0 Å². The Bertz CT molecular complexity index is 1060. The van der Waals surface area contributed by atoms with Crippen LogP contribution in [0.2, 0.25) is 0 Å². The summed E-state index contributed by atoms with van der Waals surface area (Å²) in [6.07, 6.45) is 0. The van der Waals surface area contributed by atoms with Crippen LogP contribution in [-0.2, 0) is 15.8 Å². The van der Waals surface area contributed by atoms with E-state index in [-0.39, 0.29) is 10.8 Å². The van der Waals surface area contributed by atoms with Gasteiger partial charge in [-0.05, 0) is 77.8 Å². The Morgan fingerprint density at radius 3 is 2.45 bits per heavy atom. The van der Waals surface area contributed by atoms with E-state index in [1.807, 2.05) is 6.92 Å². The first-order valence-corrected chi connectivity index (χ1v) is 13.3. The lowest BCUT2D eigenvalue weighted by Gasteiger charge is -2.10. The second-order valence-electron chi connectivity index (χ2n) is 6.53. The van der Waals surface area contributed by atoms with E-state index in [4.69, 9.17) is 4.74 Å². The summed E-state index contributed by atoms with van der Waals surface area (Å²) < 4.78 is 32.9. The molecular weight excluding hydrogens is 452 g/mol. The number of ether oxygens (including phenoxy) is 1. The van der Waals surface area contributed by atoms with Crippen LogP contribution in [0, 0.1) is 0 Å². The third-order valence-electron chi connectivity index (χ3n) is 4.23. The third kappa shape index (κ3) is 7.02. The minimum Gasteiger partial charge on any atom is -0.494 e. The van der Waals surface area contributed by atoms with Gasteiger partial charge in [-0.2, -0.15) is 23.1 Å². The lowest BCUT2D eigenvalue weighted by molar-refractivity contribution is 0.0956. The van der Waals surface area contributed by atoms with Crippen LogP contribution in [0.3, 0.4) is 0 Å². The summed E-state index contributed by atoms with van der Waals surface area (Å²) in [6, 6.07) is 14.7. The highest BCUT2D eigenvalue weighted by Gasteiger charge is 2.14. The molecule has 0 fully saturated rings. The van der Waals surface area contributed by atoms with Crippen molar-refractivity contribution in [3.05, 3.63) is 76.5 Å². The van der Waals surface area contributed by atoms with Gasteiger partial charge in [0.05, 0.1) is 11.5 Å². The Morgan fingerprint density at radius 1 is 1.06 bits per heavy atom. The molecule has 2 N–H and O–H groups in total. The first kappa shape index (κ1) is 23.2. The maximum Gasteiger partial charge on any atom is 0.261 e. The van der Waals surface area contributed by atoms with Gasteiger partial charge in [-0.15, -0.1) is 0 Å². The number of hydrogen-bond donors (Lipinski definition) is 2. The Morgan fingerprint density at radius 2 is 1.81 bits per heavy atom. The molecule has 0 bridgehead atoms. The van der Waals surface area contributed by atoms with E-state index in [2.05, 4.69) is 26.9 Å². The van der Waals surface area contributed by atoms with Crippen LogP contribution < -0.4 is 14.8 Å². The Balaban J connectivity index is 1.48. The average Bonchev–Trinajstić information content (AvgIpc) is 3.28. The molecule has 164 valence electrons. The number of carbonyl (C=O) groups excluding carboxylic acids is 1. The highest BCUT2D eigenvalue weighted by molar-refractivity contribution is 7.98. The van der Waals surface area contributed by atoms with Crippen molar-refractivity contribution in [2.45, 2.75) is 17.6 Å². The fraction of sp³-hybridized carbons (Fsp3) is 0.227. The molecular formula is C22H24N2O4S3. The maximum atomic E-state index is 12.5. The van der Waals surface area contributed by atoms with Crippen molar-refractivity contribution in [3.63, 3.8) is 0 Å². The summed E-state index contributed by atoms with van der Waals surface area (Å²) >= 11 is 3.45. The summed E-state index contributed by atoms with van der Waals surface area (Å²) in [6.45, 7) is 2.94. The van der Waals surface area contributed by atoms with Crippen molar-refractivity contribution in [2.24, 2.45) is 0 Å². The monoisotopic (exact) mass is 476 g/mol. The van der Waals surface area contributed by atoms with Gasteiger partial charge in [-0.3, -0.25) is 9.52 Å².